The second-order valence-corrected chi connectivity index (χ2v) is 4.84. The number of furan rings is 1. The van der Waals surface area contributed by atoms with Crippen molar-refractivity contribution in [2.24, 2.45) is 0 Å². The van der Waals surface area contributed by atoms with Crippen molar-refractivity contribution in [3.63, 3.8) is 0 Å². The van der Waals surface area contributed by atoms with Crippen molar-refractivity contribution in [2.45, 2.75) is 45.2 Å². The number of rotatable bonds is 4. The number of hydrogen-bond acceptors (Lipinski definition) is 3. The summed E-state index contributed by atoms with van der Waals surface area (Å²) in [5, 5.41) is 8.95. The maximum absolute atomic E-state index is 10.9. The van der Waals surface area contributed by atoms with E-state index in [1.807, 2.05) is 0 Å². The highest BCUT2D eigenvalue weighted by molar-refractivity contribution is 5.88. The van der Waals surface area contributed by atoms with Crippen LogP contribution in [0.4, 0.5) is 0 Å². The molecule has 1 aliphatic carbocycles. The van der Waals surface area contributed by atoms with Crippen LogP contribution in [0.15, 0.2) is 10.5 Å². The molecule has 17 heavy (non-hydrogen) atoms. The van der Waals surface area contributed by atoms with Gasteiger partial charge in [0, 0.05) is 6.04 Å². The molecule has 2 rings (SSSR count). The van der Waals surface area contributed by atoms with Gasteiger partial charge in [0.2, 0.25) is 0 Å². The lowest BCUT2D eigenvalue weighted by Crippen LogP contribution is -2.28. The third kappa shape index (κ3) is 2.69. The minimum Gasteiger partial charge on any atom is -0.478 e. The lowest BCUT2D eigenvalue weighted by Gasteiger charge is -2.22. The first kappa shape index (κ1) is 12.2. The van der Waals surface area contributed by atoms with E-state index < -0.39 is 5.97 Å². The largest absolute Gasteiger partial charge is 0.478 e. The molecule has 0 radical (unpaired) electrons. The molecule has 4 heteroatoms. The van der Waals surface area contributed by atoms with E-state index in [1.54, 1.807) is 13.0 Å². The molecule has 1 aromatic rings. The van der Waals surface area contributed by atoms with Crippen molar-refractivity contribution in [3.05, 3.63) is 23.2 Å². The number of hydrogen-bond donors (Lipinski definition) is 1. The smallest absolute Gasteiger partial charge is 0.339 e. The predicted octanol–water partition coefficient (Wildman–Crippen LogP) is 2.66. The third-order valence-corrected chi connectivity index (χ3v) is 3.55. The van der Waals surface area contributed by atoms with Gasteiger partial charge in [-0.25, -0.2) is 4.79 Å². The summed E-state index contributed by atoms with van der Waals surface area (Å²) < 4.78 is 5.48. The van der Waals surface area contributed by atoms with E-state index in [9.17, 15) is 4.79 Å². The highest BCUT2D eigenvalue weighted by Gasteiger charge is 2.21. The van der Waals surface area contributed by atoms with E-state index in [-0.39, 0.29) is 5.56 Å². The first-order valence-electron chi connectivity index (χ1n) is 6.11. The number of nitrogens with zero attached hydrogens (tertiary/aromatic N) is 1. The Morgan fingerprint density at radius 2 is 2.18 bits per heavy atom. The van der Waals surface area contributed by atoms with E-state index in [4.69, 9.17) is 9.52 Å². The Kier molecular flexibility index (Phi) is 3.52. The molecule has 0 aromatic carbocycles. The number of aromatic carboxylic acids is 1. The number of aryl methyl sites for hydroxylation is 1. The monoisotopic (exact) mass is 237 g/mol. The van der Waals surface area contributed by atoms with Crippen LogP contribution in [0.25, 0.3) is 0 Å². The topological polar surface area (TPSA) is 53.7 Å². The molecule has 0 spiro atoms. The van der Waals surface area contributed by atoms with Crippen molar-refractivity contribution in [1.82, 2.24) is 4.90 Å². The molecule has 94 valence electrons. The zero-order valence-corrected chi connectivity index (χ0v) is 10.4. The molecule has 0 saturated heterocycles. The third-order valence-electron chi connectivity index (χ3n) is 3.55. The van der Waals surface area contributed by atoms with Gasteiger partial charge >= 0.3 is 5.97 Å². The van der Waals surface area contributed by atoms with Crippen LogP contribution < -0.4 is 0 Å². The van der Waals surface area contributed by atoms with E-state index in [2.05, 4.69) is 11.9 Å². The highest BCUT2D eigenvalue weighted by Crippen LogP contribution is 2.24. The minimum atomic E-state index is -0.916. The van der Waals surface area contributed by atoms with Crippen LogP contribution in [0.2, 0.25) is 0 Å². The quantitative estimate of drug-likeness (QED) is 0.874. The van der Waals surface area contributed by atoms with Crippen LogP contribution in [0.1, 0.15) is 47.6 Å². The Balaban J connectivity index is 2.03. The van der Waals surface area contributed by atoms with Crippen LogP contribution in [-0.4, -0.2) is 29.1 Å². The van der Waals surface area contributed by atoms with Gasteiger partial charge in [-0.2, -0.15) is 0 Å². The summed E-state index contributed by atoms with van der Waals surface area (Å²) in [6.07, 6.45) is 5.07. The molecule has 0 bridgehead atoms. The number of carbonyl (C=O) groups is 1. The molecule has 1 aromatic heterocycles. The SMILES string of the molecule is Cc1oc(CN(C)C2CCCC2)cc1C(=O)O. The van der Waals surface area contributed by atoms with Crippen molar-refractivity contribution < 1.29 is 14.3 Å². The van der Waals surface area contributed by atoms with Gasteiger partial charge in [-0.1, -0.05) is 12.8 Å². The zero-order chi connectivity index (χ0) is 12.4. The van der Waals surface area contributed by atoms with Gasteiger partial charge in [0.15, 0.2) is 0 Å². The van der Waals surface area contributed by atoms with Crippen LogP contribution in [0.3, 0.4) is 0 Å². The van der Waals surface area contributed by atoms with Crippen molar-refractivity contribution >= 4 is 5.97 Å². The second kappa shape index (κ2) is 4.92. The number of carboxylic acids is 1. The number of carboxylic acid groups (broad SMARTS) is 1. The minimum absolute atomic E-state index is 0.278. The molecule has 0 amide bonds. The Bertz CT molecular complexity index is 405. The second-order valence-electron chi connectivity index (χ2n) is 4.84. The predicted molar refractivity (Wildman–Crippen MR) is 64.1 cm³/mol. The molecule has 1 fully saturated rings. The molecular formula is C13H19NO3. The summed E-state index contributed by atoms with van der Waals surface area (Å²) in [5.41, 5.74) is 0.278. The summed E-state index contributed by atoms with van der Waals surface area (Å²) in [6, 6.07) is 2.26. The summed E-state index contributed by atoms with van der Waals surface area (Å²) in [7, 11) is 2.08. The molecule has 1 saturated carbocycles. The Labute approximate surface area is 101 Å². The lowest BCUT2D eigenvalue weighted by molar-refractivity contribution is 0.0695. The molecule has 1 N–H and O–H groups in total. The van der Waals surface area contributed by atoms with Gasteiger partial charge in [-0.3, -0.25) is 4.90 Å². The van der Waals surface area contributed by atoms with Gasteiger partial charge in [0.25, 0.3) is 0 Å². The van der Waals surface area contributed by atoms with E-state index in [0.29, 0.717) is 18.3 Å². The highest BCUT2D eigenvalue weighted by atomic mass is 16.4. The summed E-state index contributed by atoms with van der Waals surface area (Å²) in [5.74, 6) is 0.322. The van der Waals surface area contributed by atoms with Gasteiger partial charge in [-0.15, -0.1) is 0 Å². The lowest BCUT2D eigenvalue weighted by atomic mass is 10.2. The van der Waals surface area contributed by atoms with Gasteiger partial charge in [0.1, 0.15) is 17.1 Å². The van der Waals surface area contributed by atoms with Crippen molar-refractivity contribution in [3.8, 4) is 0 Å². The van der Waals surface area contributed by atoms with E-state index in [1.165, 1.54) is 25.7 Å². The molecule has 1 aliphatic rings. The zero-order valence-electron chi connectivity index (χ0n) is 10.4. The molecule has 0 aliphatic heterocycles. The average Bonchev–Trinajstić information content (AvgIpc) is 2.86. The Morgan fingerprint density at radius 3 is 2.71 bits per heavy atom. The molecule has 4 nitrogen and oxygen atoms in total. The van der Waals surface area contributed by atoms with Crippen LogP contribution in [-0.2, 0) is 6.54 Å². The summed E-state index contributed by atoms with van der Waals surface area (Å²) >= 11 is 0. The maximum atomic E-state index is 10.9. The fraction of sp³-hybridized carbons (Fsp3) is 0.615. The fourth-order valence-corrected chi connectivity index (χ4v) is 2.55. The Hall–Kier alpha value is -1.29. The Morgan fingerprint density at radius 1 is 1.53 bits per heavy atom. The normalized spacial score (nSPS) is 16.9. The van der Waals surface area contributed by atoms with Gasteiger partial charge in [-0.05, 0) is 32.9 Å². The molecular weight excluding hydrogens is 218 g/mol. The first-order chi connectivity index (χ1) is 8.08. The molecule has 0 atom stereocenters. The van der Waals surface area contributed by atoms with Crippen molar-refractivity contribution in [1.29, 1.82) is 0 Å². The van der Waals surface area contributed by atoms with E-state index >= 15 is 0 Å². The molecule has 0 unspecified atom stereocenters. The van der Waals surface area contributed by atoms with Gasteiger partial charge in [0.05, 0.1) is 6.54 Å². The summed E-state index contributed by atoms with van der Waals surface area (Å²) in [4.78, 5) is 13.2. The van der Waals surface area contributed by atoms with Crippen LogP contribution >= 0.6 is 0 Å². The fourth-order valence-electron chi connectivity index (χ4n) is 2.55. The maximum Gasteiger partial charge on any atom is 0.339 e. The average molecular weight is 237 g/mol. The van der Waals surface area contributed by atoms with Gasteiger partial charge < -0.3 is 9.52 Å². The summed E-state index contributed by atoms with van der Waals surface area (Å²) in [6.45, 7) is 2.39. The molecule has 1 heterocycles. The first-order valence-corrected chi connectivity index (χ1v) is 6.11. The van der Waals surface area contributed by atoms with Crippen LogP contribution in [0, 0.1) is 6.92 Å². The van der Waals surface area contributed by atoms with Crippen molar-refractivity contribution in [2.75, 3.05) is 7.05 Å². The standard InChI is InChI=1S/C13H19NO3/c1-9-12(13(15)16)7-11(17-9)8-14(2)10-5-3-4-6-10/h7,10H,3-6,8H2,1-2H3,(H,15,16). The van der Waals surface area contributed by atoms with E-state index in [0.717, 1.165) is 5.76 Å². The van der Waals surface area contributed by atoms with Crippen LogP contribution in [0.5, 0.6) is 0 Å².